The van der Waals surface area contributed by atoms with Gasteiger partial charge in [-0.2, -0.15) is 0 Å². The normalized spacial score (nSPS) is 41.7. The highest BCUT2D eigenvalue weighted by atomic mass is 16.6. The van der Waals surface area contributed by atoms with Gasteiger partial charge in [0.05, 0.1) is 25.2 Å². The number of ether oxygens (including phenoxy) is 4. The van der Waals surface area contributed by atoms with Crippen LogP contribution in [-0.2, 0) is 33.3 Å². The molecule has 11 atom stereocenters. The molecule has 8 nitrogen and oxygen atoms in total. The molecule has 3 saturated carbocycles. The SMILES string of the molecule is CC(=O)O[C@H]1C[C@@H](OC(C)=O)[C@@]2(C)CO[C@@H]3[C@@H](OC(=O)/C=C/c4ccccc4)[C@@]4(C)C5=CC[C@@H](c6ccoc6)[C@]5(C)CC[C@@H]4[C@]1(C)[C@@H]32. The second kappa shape index (κ2) is 11.2. The zero-order valence-electron chi connectivity index (χ0n) is 28.2. The Labute approximate surface area is 276 Å². The first-order valence-electron chi connectivity index (χ1n) is 17.0. The van der Waals surface area contributed by atoms with E-state index in [1.165, 1.54) is 31.1 Å². The molecule has 1 aromatic carbocycles. The van der Waals surface area contributed by atoms with Gasteiger partial charge in [0.2, 0.25) is 0 Å². The van der Waals surface area contributed by atoms with Crippen molar-refractivity contribution in [3.05, 3.63) is 77.8 Å². The van der Waals surface area contributed by atoms with E-state index in [1.807, 2.05) is 36.6 Å². The van der Waals surface area contributed by atoms with Crippen molar-refractivity contribution in [1.29, 1.82) is 0 Å². The van der Waals surface area contributed by atoms with Crippen LogP contribution >= 0.6 is 0 Å². The Bertz CT molecular complexity index is 1610. The number of fused-ring (bicyclic) bond motifs is 4. The lowest BCUT2D eigenvalue weighted by molar-refractivity contribution is -0.265. The van der Waals surface area contributed by atoms with Gasteiger partial charge in [0.15, 0.2) is 0 Å². The largest absolute Gasteiger partial charge is 0.472 e. The Balaban J connectivity index is 1.36. The summed E-state index contributed by atoms with van der Waals surface area (Å²) in [6.07, 6.45) is 10.1. The van der Waals surface area contributed by atoms with Crippen molar-refractivity contribution in [2.45, 2.75) is 97.6 Å². The molecular formula is C39H46O8. The smallest absolute Gasteiger partial charge is 0.331 e. The molecule has 250 valence electrons. The quantitative estimate of drug-likeness (QED) is 0.143. The third kappa shape index (κ3) is 4.68. The number of hydrogen-bond donors (Lipinski definition) is 0. The van der Waals surface area contributed by atoms with Crippen LogP contribution in [0.15, 0.2) is 71.1 Å². The van der Waals surface area contributed by atoms with Gasteiger partial charge in [0, 0.05) is 48.5 Å². The maximum atomic E-state index is 13.8. The van der Waals surface area contributed by atoms with E-state index in [0.29, 0.717) is 13.0 Å². The highest BCUT2D eigenvalue weighted by Crippen LogP contribution is 2.76. The molecule has 4 aliphatic carbocycles. The summed E-state index contributed by atoms with van der Waals surface area (Å²) in [4.78, 5) is 38.9. The van der Waals surface area contributed by atoms with Crippen molar-refractivity contribution in [2.75, 3.05) is 6.61 Å². The Kier molecular flexibility index (Phi) is 7.62. The first kappa shape index (κ1) is 31.9. The molecule has 0 N–H and O–H groups in total. The minimum atomic E-state index is -0.629. The van der Waals surface area contributed by atoms with Crippen molar-refractivity contribution in [3.8, 4) is 0 Å². The lowest BCUT2D eigenvalue weighted by Crippen LogP contribution is -2.73. The summed E-state index contributed by atoms with van der Waals surface area (Å²) in [6, 6.07) is 11.7. The van der Waals surface area contributed by atoms with Crippen LogP contribution in [0.4, 0.5) is 0 Å². The standard InChI is InChI=1S/C39H46O8/c1-23(40)45-30-20-31(46-24(2)41)39(6)29-16-18-36(3)27(26-17-19-43-21-26)13-14-28(36)38(29,5)35(33-34(39)37(30,4)22-44-33)47-32(42)15-12-25-10-8-7-9-11-25/h7-12,14-15,17,19,21,27,29-31,33-35H,13,16,18,20,22H2,1-6H3/b15-12+/t27-,29-,30+,31-,33-,34-,35+,36-,37+,38-,39-/m0/s1. The molecule has 0 unspecified atom stereocenters. The van der Waals surface area contributed by atoms with Crippen molar-refractivity contribution >= 4 is 24.0 Å². The van der Waals surface area contributed by atoms with Crippen molar-refractivity contribution in [2.24, 2.45) is 33.5 Å². The lowest BCUT2D eigenvalue weighted by atomic mass is 9.36. The van der Waals surface area contributed by atoms with Crippen molar-refractivity contribution < 1.29 is 37.7 Å². The van der Waals surface area contributed by atoms with Crippen LogP contribution in [0.5, 0.6) is 0 Å². The number of allylic oxidation sites excluding steroid dienone is 1. The molecule has 2 aromatic rings. The molecule has 1 saturated heterocycles. The van der Waals surface area contributed by atoms with E-state index in [-0.39, 0.29) is 35.1 Å². The first-order chi connectivity index (χ1) is 22.3. The van der Waals surface area contributed by atoms with Gasteiger partial charge in [-0.15, -0.1) is 0 Å². The molecule has 47 heavy (non-hydrogen) atoms. The average molecular weight is 643 g/mol. The molecule has 0 spiro atoms. The number of hydrogen-bond acceptors (Lipinski definition) is 8. The third-order valence-electron chi connectivity index (χ3n) is 13.0. The van der Waals surface area contributed by atoms with Gasteiger partial charge in [-0.1, -0.05) is 69.7 Å². The minimum absolute atomic E-state index is 0.0155. The molecular weight excluding hydrogens is 596 g/mol. The third-order valence-corrected chi connectivity index (χ3v) is 13.0. The summed E-state index contributed by atoms with van der Waals surface area (Å²) in [5.41, 5.74) is 1.40. The summed E-state index contributed by atoms with van der Waals surface area (Å²) in [5.74, 6) is -1.16. The monoisotopic (exact) mass is 642 g/mol. The van der Waals surface area contributed by atoms with Crippen LogP contribution in [0.2, 0.25) is 0 Å². The van der Waals surface area contributed by atoms with E-state index >= 15 is 0 Å². The fraction of sp³-hybridized carbons (Fsp3) is 0.564. The van der Waals surface area contributed by atoms with Crippen LogP contribution in [-0.4, -0.2) is 48.9 Å². The topological polar surface area (TPSA) is 101 Å². The number of rotatable bonds is 6. The average Bonchev–Trinajstić information content (AvgIpc) is 3.75. The molecule has 4 fully saturated rings. The highest BCUT2D eigenvalue weighted by molar-refractivity contribution is 5.87. The molecule has 7 rings (SSSR count). The molecule has 2 heterocycles. The fourth-order valence-electron chi connectivity index (χ4n) is 11.3. The Morgan fingerprint density at radius 1 is 0.936 bits per heavy atom. The van der Waals surface area contributed by atoms with Gasteiger partial charge in [0.25, 0.3) is 0 Å². The van der Waals surface area contributed by atoms with Gasteiger partial charge in [-0.3, -0.25) is 9.59 Å². The predicted octanol–water partition coefficient (Wildman–Crippen LogP) is 7.05. The van der Waals surface area contributed by atoms with E-state index in [2.05, 4.69) is 39.8 Å². The van der Waals surface area contributed by atoms with E-state index in [1.54, 1.807) is 12.3 Å². The molecule has 8 heteroatoms. The Hall–Kier alpha value is -3.65. The van der Waals surface area contributed by atoms with E-state index < -0.39 is 46.6 Å². The number of benzene rings is 1. The number of esters is 3. The van der Waals surface area contributed by atoms with Crippen molar-refractivity contribution in [3.63, 3.8) is 0 Å². The van der Waals surface area contributed by atoms with Crippen molar-refractivity contribution in [1.82, 2.24) is 0 Å². The van der Waals surface area contributed by atoms with Crippen LogP contribution in [0, 0.1) is 33.5 Å². The molecule has 5 aliphatic rings. The van der Waals surface area contributed by atoms with Crippen LogP contribution < -0.4 is 0 Å². The predicted molar refractivity (Wildman–Crippen MR) is 174 cm³/mol. The van der Waals surface area contributed by atoms with Crippen LogP contribution in [0.25, 0.3) is 6.08 Å². The zero-order valence-corrected chi connectivity index (χ0v) is 28.2. The van der Waals surface area contributed by atoms with E-state index in [4.69, 9.17) is 23.4 Å². The second-order valence-electron chi connectivity index (χ2n) is 15.4. The number of carbonyl (C=O) groups excluding carboxylic acids is 3. The highest BCUT2D eigenvalue weighted by Gasteiger charge is 2.78. The Morgan fingerprint density at radius 3 is 2.34 bits per heavy atom. The fourth-order valence-corrected chi connectivity index (χ4v) is 11.3. The Morgan fingerprint density at radius 2 is 1.66 bits per heavy atom. The summed E-state index contributed by atoms with van der Waals surface area (Å²) in [6.45, 7) is 12.2. The van der Waals surface area contributed by atoms with Gasteiger partial charge in [0.1, 0.15) is 18.3 Å². The van der Waals surface area contributed by atoms with Crippen LogP contribution in [0.3, 0.4) is 0 Å². The molecule has 1 aromatic heterocycles. The maximum absolute atomic E-state index is 13.8. The first-order valence-corrected chi connectivity index (χ1v) is 17.0. The number of furan rings is 1. The zero-order chi connectivity index (χ0) is 33.4. The maximum Gasteiger partial charge on any atom is 0.331 e. The van der Waals surface area contributed by atoms with E-state index in [9.17, 15) is 14.4 Å². The van der Waals surface area contributed by atoms with Crippen LogP contribution in [0.1, 0.15) is 84.3 Å². The molecule has 0 amide bonds. The summed E-state index contributed by atoms with van der Waals surface area (Å²) >= 11 is 0. The van der Waals surface area contributed by atoms with Gasteiger partial charge in [-0.05, 0) is 59.8 Å². The van der Waals surface area contributed by atoms with Gasteiger partial charge in [-0.25, -0.2) is 4.79 Å². The summed E-state index contributed by atoms with van der Waals surface area (Å²) < 4.78 is 31.2. The lowest BCUT2D eigenvalue weighted by Gasteiger charge is -2.69. The summed E-state index contributed by atoms with van der Waals surface area (Å²) in [5, 5.41) is 0. The van der Waals surface area contributed by atoms with E-state index in [0.717, 1.165) is 24.8 Å². The number of carbonyl (C=O) groups is 3. The molecule has 0 bridgehead atoms. The molecule has 0 radical (unpaired) electrons. The summed E-state index contributed by atoms with van der Waals surface area (Å²) in [7, 11) is 0. The minimum Gasteiger partial charge on any atom is -0.472 e. The molecule has 1 aliphatic heterocycles. The van der Waals surface area contributed by atoms with Gasteiger partial charge >= 0.3 is 17.9 Å². The van der Waals surface area contributed by atoms with Gasteiger partial charge < -0.3 is 23.4 Å². The second-order valence-corrected chi connectivity index (χ2v) is 15.4.